The molecule has 0 aromatic rings. The third-order valence-corrected chi connectivity index (χ3v) is 2.39. The van der Waals surface area contributed by atoms with Crippen LogP contribution in [0.1, 0.15) is 0 Å². The lowest BCUT2D eigenvalue weighted by Crippen LogP contribution is -2.39. The van der Waals surface area contributed by atoms with Crippen LogP contribution >= 0.6 is 11.8 Å². The van der Waals surface area contributed by atoms with Crippen molar-refractivity contribution in [2.24, 2.45) is 0 Å². The smallest absolute Gasteiger partial charge is 0.346 e. The highest BCUT2D eigenvalue weighted by Gasteiger charge is 2.27. The second-order valence-corrected chi connectivity index (χ2v) is 4.08. The van der Waals surface area contributed by atoms with Crippen LogP contribution in [0.25, 0.3) is 0 Å². The summed E-state index contributed by atoms with van der Waals surface area (Å²) < 4.78 is 35.1. The maximum Gasteiger partial charge on any atom is 0.405 e. The van der Waals surface area contributed by atoms with Crippen LogP contribution in [0.2, 0.25) is 0 Å². The van der Waals surface area contributed by atoms with E-state index in [1.54, 1.807) is 23.2 Å². The van der Waals surface area contributed by atoms with E-state index in [-0.39, 0.29) is 6.54 Å². The third-order valence-electron chi connectivity index (χ3n) is 1.43. The first-order chi connectivity index (χ1) is 7.45. The first-order valence-electron chi connectivity index (χ1n) is 4.68. The summed E-state index contributed by atoms with van der Waals surface area (Å²) in [6.07, 6.45) is -2.59. The van der Waals surface area contributed by atoms with E-state index < -0.39 is 18.6 Å². The Balaban J connectivity index is 3.34. The normalized spacial score (nSPS) is 11.2. The van der Waals surface area contributed by atoms with Crippen molar-refractivity contribution in [3.05, 3.63) is 12.7 Å². The van der Waals surface area contributed by atoms with Gasteiger partial charge >= 0.3 is 6.18 Å². The lowest BCUT2D eigenvalue weighted by Gasteiger charge is -2.08. The lowest BCUT2D eigenvalue weighted by molar-refractivity contribution is -0.137. The molecular weight excluding hydrogens is 241 g/mol. The molecule has 7 heteroatoms. The molecule has 0 radical (unpaired) electrons. The van der Waals surface area contributed by atoms with E-state index in [0.717, 1.165) is 11.5 Å². The Morgan fingerprint density at radius 1 is 1.44 bits per heavy atom. The number of amides is 1. The predicted octanol–water partition coefficient (Wildman–Crippen LogP) is 1.17. The van der Waals surface area contributed by atoms with Crippen molar-refractivity contribution < 1.29 is 18.0 Å². The maximum absolute atomic E-state index is 11.7. The second kappa shape index (κ2) is 8.46. The van der Waals surface area contributed by atoms with Crippen molar-refractivity contribution in [1.82, 2.24) is 10.6 Å². The van der Waals surface area contributed by atoms with Crippen molar-refractivity contribution >= 4 is 17.7 Å². The van der Waals surface area contributed by atoms with E-state index in [9.17, 15) is 18.0 Å². The number of hydrogen-bond donors (Lipinski definition) is 2. The van der Waals surface area contributed by atoms with Gasteiger partial charge in [-0.15, -0.1) is 6.58 Å². The summed E-state index contributed by atoms with van der Waals surface area (Å²) in [6.45, 7) is 2.75. The number of halogens is 3. The second-order valence-electron chi connectivity index (χ2n) is 2.93. The first-order valence-corrected chi connectivity index (χ1v) is 5.84. The van der Waals surface area contributed by atoms with Crippen molar-refractivity contribution in [2.45, 2.75) is 6.18 Å². The summed E-state index contributed by atoms with van der Waals surface area (Å²) in [5, 5.41) is 4.52. The molecule has 0 aliphatic heterocycles. The average molecular weight is 256 g/mol. The molecule has 2 N–H and O–H groups in total. The molecule has 0 saturated carbocycles. The lowest BCUT2D eigenvalue weighted by atomic mass is 10.5. The first kappa shape index (κ1) is 15.3. The highest BCUT2D eigenvalue weighted by molar-refractivity contribution is 7.99. The summed E-state index contributed by atoms with van der Waals surface area (Å²) in [5.74, 6) is 0.964. The summed E-state index contributed by atoms with van der Waals surface area (Å²) >= 11 is 1.63. The highest BCUT2D eigenvalue weighted by Crippen LogP contribution is 2.11. The summed E-state index contributed by atoms with van der Waals surface area (Å²) in [5.41, 5.74) is 0. The molecule has 1 amide bonds. The monoisotopic (exact) mass is 256 g/mol. The van der Waals surface area contributed by atoms with Gasteiger partial charge in [0.05, 0.1) is 6.54 Å². The van der Waals surface area contributed by atoms with Crippen LogP contribution in [0.4, 0.5) is 13.2 Å². The zero-order valence-electron chi connectivity index (χ0n) is 8.77. The van der Waals surface area contributed by atoms with E-state index in [1.807, 2.05) is 0 Å². The minimum atomic E-state index is -4.35. The van der Waals surface area contributed by atoms with E-state index in [1.165, 1.54) is 0 Å². The highest BCUT2D eigenvalue weighted by atomic mass is 32.2. The Morgan fingerprint density at radius 2 is 2.12 bits per heavy atom. The van der Waals surface area contributed by atoms with Crippen molar-refractivity contribution in [3.8, 4) is 0 Å². The Morgan fingerprint density at radius 3 is 2.69 bits per heavy atom. The molecular formula is C9H15F3N2OS. The zero-order valence-corrected chi connectivity index (χ0v) is 9.59. The van der Waals surface area contributed by atoms with Gasteiger partial charge in [0.15, 0.2) is 0 Å². The quantitative estimate of drug-likeness (QED) is 0.506. The molecule has 0 unspecified atom stereocenters. The van der Waals surface area contributed by atoms with E-state index in [0.29, 0.717) is 6.54 Å². The van der Waals surface area contributed by atoms with Gasteiger partial charge in [0.1, 0.15) is 6.54 Å². The van der Waals surface area contributed by atoms with Gasteiger partial charge in [0.25, 0.3) is 0 Å². The molecule has 0 bridgehead atoms. The molecule has 0 atom stereocenters. The van der Waals surface area contributed by atoms with Gasteiger partial charge in [-0.3, -0.25) is 4.79 Å². The van der Waals surface area contributed by atoms with E-state index >= 15 is 0 Å². The van der Waals surface area contributed by atoms with Crippen LogP contribution in [0.3, 0.4) is 0 Å². The van der Waals surface area contributed by atoms with Crippen LogP contribution in [0.15, 0.2) is 12.7 Å². The summed E-state index contributed by atoms with van der Waals surface area (Å²) in [4.78, 5) is 10.9. The SMILES string of the molecule is C=CCSCCNCC(=O)NCC(F)(F)F. The van der Waals surface area contributed by atoms with Gasteiger partial charge in [-0.1, -0.05) is 6.08 Å². The molecule has 0 heterocycles. The molecule has 0 aliphatic rings. The van der Waals surface area contributed by atoms with Crippen molar-refractivity contribution in [3.63, 3.8) is 0 Å². The number of nitrogens with one attached hydrogen (secondary N) is 2. The number of thioether (sulfide) groups is 1. The minimum absolute atomic E-state index is 0.0925. The van der Waals surface area contributed by atoms with E-state index in [2.05, 4.69) is 11.9 Å². The number of carbonyl (C=O) groups excluding carboxylic acids is 1. The predicted molar refractivity (Wildman–Crippen MR) is 59.5 cm³/mol. The largest absolute Gasteiger partial charge is 0.405 e. The van der Waals surface area contributed by atoms with Crippen LogP contribution < -0.4 is 10.6 Å². The number of rotatable bonds is 8. The molecule has 0 aliphatic carbocycles. The molecule has 0 fully saturated rings. The van der Waals surface area contributed by atoms with Crippen LogP contribution in [0.5, 0.6) is 0 Å². The molecule has 0 saturated heterocycles. The fourth-order valence-corrected chi connectivity index (χ4v) is 1.40. The van der Waals surface area contributed by atoms with Crippen LogP contribution in [0, 0.1) is 0 Å². The Labute approximate surface area is 96.9 Å². The number of alkyl halides is 3. The molecule has 0 aromatic carbocycles. The third kappa shape index (κ3) is 11.4. The van der Waals surface area contributed by atoms with Crippen LogP contribution in [-0.2, 0) is 4.79 Å². The maximum atomic E-state index is 11.7. The van der Waals surface area contributed by atoms with E-state index in [4.69, 9.17) is 0 Å². The van der Waals surface area contributed by atoms with Gasteiger partial charge < -0.3 is 10.6 Å². The molecule has 0 spiro atoms. The zero-order chi connectivity index (χ0) is 12.4. The Hall–Kier alpha value is -0.690. The number of carbonyl (C=O) groups is 1. The van der Waals surface area contributed by atoms with Gasteiger partial charge in [-0.05, 0) is 0 Å². The standard InChI is InChI=1S/C9H15F3N2OS/c1-2-4-16-5-3-13-6-8(15)14-7-9(10,11)12/h2,13H,1,3-7H2,(H,14,15). The van der Waals surface area contributed by atoms with Gasteiger partial charge in [0, 0.05) is 18.1 Å². The summed E-state index contributed by atoms with van der Waals surface area (Å²) in [7, 11) is 0. The average Bonchev–Trinajstić information content (AvgIpc) is 2.19. The molecule has 0 rings (SSSR count). The van der Waals surface area contributed by atoms with Crippen molar-refractivity contribution in [2.75, 3.05) is 31.1 Å². The Bertz CT molecular complexity index is 221. The number of hydrogen-bond acceptors (Lipinski definition) is 3. The topological polar surface area (TPSA) is 41.1 Å². The van der Waals surface area contributed by atoms with Gasteiger partial charge in [-0.25, -0.2) is 0 Å². The molecule has 0 aromatic heterocycles. The fraction of sp³-hybridized carbons (Fsp3) is 0.667. The molecule has 3 nitrogen and oxygen atoms in total. The van der Waals surface area contributed by atoms with Gasteiger partial charge in [-0.2, -0.15) is 24.9 Å². The van der Waals surface area contributed by atoms with Crippen LogP contribution in [-0.4, -0.2) is 43.2 Å². The molecule has 16 heavy (non-hydrogen) atoms. The van der Waals surface area contributed by atoms with Gasteiger partial charge in [0.2, 0.25) is 5.91 Å². The van der Waals surface area contributed by atoms with Crippen molar-refractivity contribution in [1.29, 1.82) is 0 Å². The minimum Gasteiger partial charge on any atom is -0.346 e. The Kier molecular flexibility index (Phi) is 8.10. The fourth-order valence-electron chi connectivity index (χ4n) is 0.774. The summed E-state index contributed by atoms with van der Waals surface area (Å²) in [6, 6.07) is 0. The molecule has 94 valence electrons.